The topological polar surface area (TPSA) is 90.4 Å². The van der Waals surface area contributed by atoms with Gasteiger partial charge in [-0.25, -0.2) is 4.68 Å². The molecule has 0 saturated carbocycles. The fourth-order valence-electron chi connectivity index (χ4n) is 3.93. The first-order valence-electron chi connectivity index (χ1n) is 10.6. The molecule has 2 N–H and O–H groups in total. The monoisotopic (exact) mass is 421 g/mol. The van der Waals surface area contributed by atoms with Gasteiger partial charge in [0.05, 0.1) is 17.3 Å². The van der Waals surface area contributed by atoms with Crippen LogP contribution >= 0.6 is 0 Å². The molecule has 8 heteroatoms. The van der Waals surface area contributed by atoms with E-state index in [0.717, 1.165) is 32.7 Å². The number of piperazine rings is 1. The van der Waals surface area contributed by atoms with Crippen LogP contribution in [0.1, 0.15) is 6.42 Å². The van der Waals surface area contributed by atoms with Crippen molar-refractivity contribution < 1.29 is 4.79 Å². The number of rotatable bonds is 7. The first-order valence-corrected chi connectivity index (χ1v) is 10.6. The standard InChI is InChI=1S/C23H27N5O3/c29-21(10-12-28-23(31)20-9-5-4-8-19(20)22(30)25-28)24-11-13-26-14-16-27(17-15-26)18-6-2-1-3-7-18/h1-9H,10-17H2,(H,24,29)(H,25,30). The first kappa shape index (κ1) is 20.9. The third kappa shape index (κ3) is 5.03. The smallest absolute Gasteiger partial charge is 0.273 e. The van der Waals surface area contributed by atoms with Gasteiger partial charge in [-0.15, -0.1) is 0 Å². The molecule has 8 nitrogen and oxygen atoms in total. The van der Waals surface area contributed by atoms with Crippen LogP contribution in [0.2, 0.25) is 0 Å². The lowest BCUT2D eigenvalue weighted by atomic mass is 10.2. The Bertz CT molecular complexity index is 1150. The van der Waals surface area contributed by atoms with Crippen LogP contribution in [0.5, 0.6) is 0 Å². The number of hydrogen-bond donors (Lipinski definition) is 2. The number of fused-ring (bicyclic) bond motifs is 1. The number of carbonyl (C=O) groups excluding carboxylic acids is 1. The number of amides is 1. The van der Waals surface area contributed by atoms with Gasteiger partial charge in [0.25, 0.3) is 11.1 Å². The number of nitrogens with one attached hydrogen (secondary N) is 2. The molecule has 1 amide bonds. The van der Waals surface area contributed by atoms with E-state index in [1.165, 1.54) is 10.4 Å². The predicted molar refractivity (Wildman–Crippen MR) is 122 cm³/mol. The number of para-hydroxylation sites is 1. The van der Waals surface area contributed by atoms with Crippen molar-refractivity contribution in [2.24, 2.45) is 0 Å². The van der Waals surface area contributed by atoms with Crippen LogP contribution < -0.4 is 21.3 Å². The van der Waals surface area contributed by atoms with Crippen molar-refractivity contribution >= 4 is 22.4 Å². The van der Waals surface area contributed by atoms with E-state index in [0.29, 0.717) is 17.3 Å². The lowest BCUT2D eigenvalue weighted by molar-refractivity contribution is -0.121. The van der Waals surface area contributed by atoms with Crippen LogP contribution in [0, 0.1) is 0 Å². The van der Waals surface area contributed by atoms with E-state index in [9.17, 15) is 14.4 Å². The highest BCUT2D eigenvalue weighted by atomic mass is 16.2. The van der Waals surface area contributed by atoms with Crippen molar-refractivity contribution in [1.29, 1.82) is 0 Å². The summed E-state index contributed by atoms with van der Waals surface area (Å²) in [5.41, 5.74) is 0.627. The maximum absolute atomic E-state index is 12.5. The molecule has 1 aliphatic rings. The van der Waals surface area contributed by atoms with Crippen molar-refractivity contribution in [3.8, 4) is 0 Å². The van der Waals surface area contributed by atoms with Crippen LogP contribution in [0.25, 0.3) is 10.8 Å². The summed E-state index contributed by atoms with van der Waals surface area (Å²) in [4.78, 5) is 41.5. The largest absolute Gasteiger partial charge is 0.369 e. The number of H-pyrrole nitrogens is 1. The van der Waals surface area contributed by atoms with Crippen molar-refractivity contribution in [3.05, 3.63) is 75.3 Å². The normalized spacial score (nSPS) is 14.6. The van der Waals surface area contributed by atoms with Gasteiger partial charge in [0, 0.05) is 51.4 Å². The van der Waals surface area contributed by atoms with Gasteiger partial charge in [0.15, 0.2) is 0 Å². The summed E-state index contributed by atoms with van der Waals surface area (Å²) >= 11 is 0. The van der Waals surface area contributed by atoms with Gasteiger partial charge in [-0.2, -0.15) is 0 Å². The molecule has 0 unspecified atom stereocenters. The van der Waals surface area contributed by atoms with Crippen molar-refractivity contribution in [2.75, 3.05) is 44.2 Å². The third-order valence-electron chi connectivity index (χ3n) is 5.69. The Morgan fingerprint density at radius 2 is 1.55 bits per heavy atom. The van der Waals surface area contributed by atoms with E-state index in [1.54, 1.807) is 24.3 Å². The van der Waals surface area contributed by atoms with Crippen LogP contribution in [0.4, 0.5) is 5.69 Å². The highest BCUT2D eigenvalue weighted by molar-refractivity contribution is 5.80. The van der Waals surface area contributed by atoms with Gasteiger partial charge in [-0.1, -0.05) is 30.3 Å². The second kappa shape index (κ2) is 9.61. The molecule has 1 aliphatic heterocycles. The molecule has 31 heavy (non-hydrogen) atoms. The SMILES string of the molecule is O=C(CCn1[nH]c(=O)c2ccccc2c1=O)NCCN1CCN(c2ccccc2)CC1. The first-order chi connectivity index (χ1) is 15.1. The number of aromatic nitrogens is 2. The molecule has 1 saturated heterocycles. The summed E-state index contributed by atoms with van der Waals surface area (Å²) in [5.74, 6) is -0.135. The van der Waals surface area contributed by atoms with E-state index >= 15 is 0 Å². The maximum Gasteiger partial charge on any atom is 0.273 e. The maximum atomic E-state index is 12.5. The molecule has 2 heterocycles. The van der Waals surface area contributed by atoms with E-state index in [4.69, 9.17) is 0 Å². The van der Waals surface area contributed by atoms with Crippen LogP contribution in [0.15, 0.2) is 64.2 Å². The number of anilines is 1. The molecular formula is C23H27N5O3. The molecule has 0 spiro atoms. The Hall–Kier alpha value is -3.39. The zero-order chi connectivity index (χ0) is 21.6. The zero-order valence-corrected chi connectivity index (χ0v) is 17.4. The molecule has 3 aromatic rings. The summed E-state index contributed by atoms with van der Waals surface area (Å²) in [6.07, 6.45) is 0.135. The molecule has 0 aliphatic carbocycles. The Labute approximate surface area is 180 Å². The zero-order valence-electron chi connectivity index (χ0n) is 17.4. The third-order valence-corrected chi connectivity index (χ3v) is 5.69. The average molecular weight is 422 g/mol. The fraction of sp³-hybridized carbons (Fsp3) is 0.348. The quantitative estimate of drug-likeness (QED) is 0.595. The molecule has 4 rings (SSSR count). The number of hydrogen-bond acceptors (Lipinski definition) is 5. The van der Waals surface area contributed by atoms with Crippen LogP contribution in [-0.2, 0) is 11.3 Å². The van der Waals surface area contributed by atoms with Crippen molar-refractivity contribution in [2.45, 2.75) is 13.0 Å². The van der Waals surface area contributed by atoms with Gasteiger partial charge in [0.1, 0.15) is 0 Å². The Balaban J connectivity index is 1.21. The van der Waals surface area contributed by atoms with E-state index in [2.05, 4.69) is 44.5 Å². The number of benzene rings is 2. The number of aromatic amines is 1. The molecule has 0 bridgehead atoms. The second-order valence-corrected chi connectivity index (χ2v) is 7.71. The molecule has 0 atom stereocenters. The van der Waals surface area contributed by atoms with E-state index in [1.807, 2.05) is 6.07 Å². The average Bonchev–Trinajstić information content (AvgIpc) is 2.81. The minimum atomic E-state index is -0.328. The number of nitrogens with zero attached hydrogens (tertiary/aromatic N) is 3. The summed E-state index contributed by atoms with van der Waals surface area (Å²) in [7, 11) is 0. The molecule has 2 aromatic carbocycles. The van der Waals surface area contributed by atoms with Gasteiger partial charge in [0.2, 0.25) is 5.91 Å². The summed E-state index contributed by atoms with van der Waals surface area (Å²) in [6.45, 7) is 5.35. The van der Waals surface area contributed by atoms with E-state index in [-0.39, 0.29) is 30.0 Å². The molecular weight excluding hydrogens is 394 g/mol. The highest BCUT2D eigenvalue weighted by Gasteiger charge is 2.17. The highest BCUT2D eigenvalue weighted by Crippen LogP contribution is 2.15. The van der Waals surface area contributed by atoms with Crippen molar-refractivity contribution in [3.63, 3.8) is 0 Å². The lowest BCUT2D eigenvalue weighted by Crippen LogP contribution is -2.48. The van der Waals surface area contributed by atoms with Crippen molar-refractivity contribution in [1.82, 2.24) is 20.0 Å². The number of aryl methyl sites for hydroxylation is 1. The minimum Gasteiger partial charge on any atom is -0.369 e. The summed E-state index contributed by atoms with van der Waals surface area (Å²) in [5, 5.41) is 6.19. The van der Waals surface area contributed by atoms with Crippen LogP contribution in [-0.4, -0.2) is 59.9 Å². The van der Waals surface area contributed by atoms with Gasteiger partial charge in [-0.3, -0.25) is 24.4 Å². The summed E-state index contributed by atoms with van der Waals surface area (Å²) in [6, 6.07) is 17.1. The Morgan fingerprint density at radius 3 is 2.29 bits per heavy atom. The molecule has 0 radical (unpaired) electrons. The van der Waals surface area contributed by atoms with Gasteiger partial charge >= 0.3 is 0 Å². The predicted octanol–water partition coefficient (Wildman–Crippen LogP) is 1.02. The number of carbonyl (C=O) groups is 1. The Kier molecular flexibility index (Phi) is 6.47. The molecule has 1 fully saturated rings. The van der Waals surface area contributed by atoms with Crippen LogP contribution in [0.3, 0.4) is 0 Å². The van der Waals surface area contributed by atoms with Gasteiger partial charge < -0.3 is 10.2 Å². The van der Waals surface area contributed by atoms with Gasteiger partial charge in [-0.05, 0) is 24.3 Å². The Morgan fingerprint density at radius 1 is 0.871 bits per heavy atom. The molecule has 1 aromatic heterocycles. The second-order valence-electron chi connectivity index (χ2n) is 7.71. The molecule has 162 valence electrons. The minimum absolute atomic E-state index is 0.135. The van der Waals surface area contributed by atoms with E-state index < -0.39 is 0 Å². The lowest BCUT2D eigenvalue weighted by Gasteiger charge is -2.36. The fourth-order valence-corrected chi connectivity index (χ4v) is 3.93. The summed E-state index contributed by atoms with van der Waals surface area (Å²) < 4.78 is 1.22.